The molecule has 0 N–H and O–H groups in total. The normalized spacial score (nSPS) is 17.6. The molecule has 1 fully saturated rings. The van der Waals surface area contributed by atoms with Crippen LogP contribution in [-0.4, -0.2) is 29.8 Å². The summed E-state index contributed by atoms with van der Waals surface area (Å²) < 4.78 is 0. The van der Waals surface area contributed by atoms with Gasteiger partial charge in [-0.1, -0.05) is 37.6 Å². The molecule has 2 nitrogen and oxygen atoms in total. The minimum atomic E-state index is -0.0113. The lowest BCUT2D eigenvalue weighted by Crippen LogP contribution is -2.46. The zero-order valence-corrected chi connectivity index (χ0v) is 11.6. The second kappa shape index (κ2) is 5.66. The predicted molar refractivity (Wildman–Crippen MR) is 75.0 cm³/mol. The Bertz CT molecular complexity index is 406. The van der Waals surface area contributed by atoms with Crippen molar-refractivity contribution in [3.63, 3.8) is 0 Å². The lowest BCUT2D eigenvalue weighted by molar-refractivity contribution is 0.0723. The summed E-state index contributed by atoms with van der Waals surface area (Å²) in [5, 5.41) is 0. The molecule has 0 spiro atoms. The quantitative estimate of drug-likeness (QED) is 0.742. The number of nitrogens with zero attached hydrogens (tertiary/aromatic N) is 1. The zero-order chi connectivity index (χ0) is 13.1. The molecule has 0 radical (unpaired) electrons. The van der Waals surface area contributed by atoms with Gasteiger partial charge >= 0.3 is 0 Å². The largest absolute Gasteiger partial charge is 0.294 e. The van der Waals surface area contributed by atoms with Gasteiger partial charge in [0.1, 0.15) is 0 Å². The van der Waals surface area contributed by atoms with E-state index in [1.54, 1.807) is 0 Å². The van der Waals surface area contributed by atoms with E-state index in [9.17, 15) is 4.79 Å². The van der Waals surface area contributed by atoms with E-state index >= 15 is 0 Å². The topological polar surface area (TPSA) is 20.3 Å². The summed E-state index contributed by atoms with van der Waals surface area (Å²) in [6, 6.07) is 8.65. The van der Waals surface area contributed by atoms with Crippen molar-refractivity contribution in [2.75, 3.05) is 7.05 Å². The van der Waals surface area contributed by atoms with E-state index in [0.717, 1.165) is 12.0 Å². The first-order chi connectivity index (χ1) is 8.63. The van der Waals surface area contributed by atoms with Crippen molar-refractivity contribution in [2.24, 2.45) is 0 Å². The van der Waals surface area contributed by atoms with Crippen LogP contribution < -0.4 is 0 Å². The summed E-state index contributed by atoms with van der Waals surface area (Å²) in [4.78, 5) is 14.6. The van der Waals surface area contributed by atoms with Gasteiger partial charge in [0.15, 0.2) is 5.78 Å². The first kappa shape index (κ1) is 13.3. The molecule has 1 saturated carbocycles. The summed E-state index contributed by atoms with van der Waals surface area (Å²) in [7, 11) is 2.08. The van der Waals surface area contributed by atoms with Crippen molar-refractivity contribution >= 4 is 5.78 Å². The van der Waals surface area contributed by atoms with Crippen LogP contribution >= 0.6 is 0 Å². The first-order valence-electron chi connectivity index (χ1n) is 6.98. The average molecular weight is 245 g/mol. The number of ketones is 1. The third kappa shape index (κ3) is 2.64. The zero-order valence-electron chi connectivity index (χ0n) is 11.6. The van der Waals surface area contributed by atoms with E-state index < -0.39 is 0 Å². The highest BCUT2D eigenvalue weighted by atomic mass is 16.1. The highest BCUT2D eigenvalue weighted by Crippen LogP contribution is 2.26. The maximum atomic E-state index is 12.4. The lowest BCUT2D eigenvalue weighted by Gasteiger charge is -2.38. The molecule has 18 heavy (non-hydrogen) atoms. The number of rotatable bonds is 5. The van der Waals surface area contributed by atoms with E-state index in [-0.39, 0.29) is 11.8 Å². The van der Waals surface area contributed by atoms with Crippen LogP contribution in [0, 0.1) is 0 Å². The Labute approximate surface area is 110 Å². The first-order valence-corrected chi connectivity index (χ1v) is 6.98. The number of aryl methyl sites for hydroxylation is 1. The Morgan fingerprint density at radius 1 is 1.33 bits per heavy atom. The number of likely N-dealkylation sites (N-methyl/N-ethyl adjacent to an activating group) is 1. The number of hydrogen-bond donors (Lipinski definition) is 0. The summed E-state index contributed by atoms with van der Waals surface area (Å²) in [5.41, 5.74) is 2.12. The summed E-state index contributed by atoms with van der Waals surface area (Å²) in [6.45, 7) is 4.15. The van der Waals surface area contributed by atoms with E-state index in [4.69, 9.17) is 0 Å². The third-order valence-electron chi connectivity index (χ3n) is 4.29. The van der Waals surface area contributed by atoms with Crippen LogP contribution in [0.2, 0.25) is 0 Å². The summed E-state index contributed by atoms with van der Waals surface area (Å²) >= 11 is 0. The Kier molecular flexibility index (Phi) is 4.18. The Hall–Kier alpha value is -1.15. The highest BCUT2D eigenvalue weighted by molar-refractivity contribution is 5.99. The molecule has 1 aromatic carbocycles. The molecule has 0 bridgehead atoms. The molecule has 98 valence electrons. The monoisotopic (exact) mass is 245 g/mol. The van der Waals surface area contributed by atoms with E-state index in [2.05, 4.69) is 31.0 Å². The molecule has 2 heteroatoms. The maximum absolute atomic E-state index is 12.4. The van der Waals surface area contributed by atoms with E-state index in [0.29, 0.717) is 6.04 Å². The second-order valence-corrected chi connectivity index (χ2v) is 5.34. The fraction of sp³-hybridized carbons (Fsp3) is 0.562. The number of benzene rings is 1. The summed E-state index contributed by atoms with van der Waals surface area (Å²) in [6.07, 6.45) is 4.80. The van der Waals surface area contributed by atoms with Crippen molar-refractivity contribution in [3.05, 3.63) is 35.4 Å². The van der Waals surface area contributed by atoms with Crippen LogP contribution in [0.5, 0.6) is 0 Å². The van der Waals surface area contributed by atoms with Gasteiger partial charge in [-0.15, -0.1) is 0 Å². The van der Waals surface area contributed by atoms with Crippen LogP contribution in [0.15, 0.2) is 24.3 Å². The lowest BCUT2D eigenvalue weighted by atomic mass is 9.90. The van der Waals surface area contributed by atoms with Crippen LogP contribution in [0.25, 0.3) is 0 Å². The standard InChI is InChI=1S/C16H23NO/c1-4-13-8-10-14(11-9-13)16(18)12(2)17(3)15-6-5-7-15/h8-12,15H,4-7H2,1-3H3. The van der Waals surface area contributed by atoms with Crippen molar-refractivity contribution in [1.29, 1.82) is 0 Å². The van der Waals surface area contributed by atoms with Gasteiger partial charge in [-0.25, -0.2) is 0 Å². The molecular formula is C16H23NO. The van der Waals surface area contributed by atoms with Gasteiger partial charge in [-0.2, -0.15) is 0 Å². The molecule has 0 aromatic heterocycles. The van der Waals surface area contributed by atoms with E-state index in [1.165, 1.54) is 24.8 Å². The Morgan fingerprint density at radius 3 is 2.39 bits per heavy atom. The number of hydrogen-bond acceptors (Lipinski definition) is 2. The molecular weight excluding hydrogens is 222 g/mol. The Morgan fingerprint density at radius 2 is 1.94 bits per heavy atom. The highest BCUT2D eigenvalue weighted by Gasteiger charge is 2.29. The summed E-state index contributed by atoms with van der Waals surface area (Å²) in [5.74, 6) is 0.243. The molecule has 0 saturated heterocycles. The maximum Gasteiger partial charge on any atom is 0.179 e. The minimum Gasteiger partial charge on any atom is -0.294 e. The molecule has 1 atom stereocenters. The van der Waals surface area contributed by atoms with Crippen molar-refractivity contribution in [2.45, 2.75) is 51.6 Å². The SMILES string of the molecule is CCc1ccc(C(=O)C(C)N(C)C2CCC2)cc1. The molecule has 1 aliphatic rings. The number of Topliss-reactive ketones (excluding diaryl/α,β-unsaturated/α-hetero) is 1. The van der Waals surface area contributed by atoms with Gasteiger partial charge in [0.2, 0.25) is 0 Å². The fourth-order valence-electron chi connectivity index (χ4n) is 2.44. The molecule has 2 rings (SSSR count). The average Bonchev–Trinajstić information content (AvgIpc) is 2.35. The molecule has 0 amide bonds. The minimum absolute atomic E-state index is 0.0113. The van der Waals surface area contributed by atoms with Crippen molar-refractivity contribution in [1.82, 2.24) is 4.90 Å². The molecule has 0 aliphatic heterocycles. The molecule has 0 heterocycles. The van der Waals surface area contributed by atoms with Crippen molar-refractivity contribution < 1.29 is 4.79 Å². The molecule has 1 unspecified atom stereocenters. The smallest absolute Gasteiger partial charge is 0.179 e. The molecule has 1 aromatic rings. The number of carbonyl (C=O) groups is 1. The van der Waals surface area contributed by atoms with Gasteiger partial charge in [0.25, 0.3) is 0 Å². The van der Waals surface area contributed by atoms with Gasteiger partial charge < -0.3 is 0 Å². The molecule has 1 aliphatic carbocycles. The van der Waals surface area contributed by atoms with E-state index in [1.807, 2.05) is 19.1 Å². The van der Waals surface area contributed by atoms with Crippen LogP contribution in [-0.2, 0) is 6.42 Å². The van der Waals surface area contributed by atoms with Crippen LogP contribution in [0.1, 0.15) is 49.0 Å². The fourth-order valence-corrected chi connectivity index (χ4v) is 2.44. The number of carbonyl (C=O) groups excluding carboxylic acids is 1. The van der Waals surface area contributed by atoms with Gasteiger partial charge in [-0.3, -0.25) is 9.69 Å². The van der Waals surface area contributed by atoms with Gasteiger partial charge in [-0.05, 0) is 38.8 Å². The Balaban J connectivity index is 2.04. The van der Waals surface area contributed by atoms with Gasteiger partial charge in [0, 0.05) is 11.6 Å². The van der Waals surface area contributed by atoms with Crippen LogP contribution in [0.4, 0.5) is 0 Å². The second-order valence-electron chi connectivity index (χ2n) is 5.34. The van der Waals surface area contributed by atoms with Crippen molar-refractivity contribution in [3.8, 4) is 0 Å². The van der Waals surface area contributed by atoms with Gasteiger partial charge in [0.05, 0.1) is 6.04 Å². The third-order valence-corrected chi connectivity index (χ3v) is 4.29. The predicted octanol–water partition coefficient (Wildman–Crippen LogP) is 3.30. The van der Waals surface area contributed by atoms with Crippen LogP contribution in [0.3, 0.4) is 0 Å².